The maximum absolute atomic E-state index is 12.7. The molecule has 4 aromatic heterocycles. The number of imidazole rings is 1. The summed E-state index contributed by atoms with van der Waals surface area (Å²) in [6.07, 6.45) is 3.36. The van der Waals surface area contributed by atoms with Crippen molar-refractivity contribution < 1.29 is 0 Å². The fourth-order valence-electron chi connectivity index (χ4n) is 3.67. The van der Waals surface area contributed by atoms with Gasteiger partial charge in [-0.25, -0.2) is 15.0 Å². The molecule has 0 radical (unpaired) electrons. The standard InChI is InChI=1S/C24H19ClN6O.C2H6/c1-30-13-3-5-17(24(30)32)19-10-11-20-23(28-19)31(16-8-6-15(14-25)7-9-16)22(29-20)18-4-2-12-27-21(18)26;1-2/h2-13H,14H2,1H3,(H2,26,27);1-2H3. The number of anilines is 1. The second-order valence-corrected chi connectivity index (χ2v) is 7.65. The van der Waals surface area contributed by atoms with Gasteiger partial charge in [-0.3, -0.25) is 9.36 Å². The average molecular weight is 473 g/mol. The number of aromatic nitrogens is 5. The highest BCUT2D eigenvalue weighted by atomic mass is 35.5. The van der Waals surface area contributed by atoms with Crippen LogP contribution in [0.25, 0.3) is 39.5 Å². The number of fused-ring (bicyclic) bond motifs is 1. The maximum atomic E-state index is 12.7. The molecule has 0 spiro atoms. The van der Waals surface area contributed by atoms with E-state index in [9.17, 15) is 4.79 Å². The monoisotopic (exact) mass is 472 g/mol. The highest BCUT2D eigenvalue weighted by Gasteiger charge is 2.19. The van der Waals surface area contributed by atoms with E-state index in [1.807, 2.05) is 73.0 Å². The predicted molar refractivity (Wildman–Crippen MR) is 138 cm³/mol. The summed E-state index contributed by atoms with van der Waals surface area (Å²) in [5.41, 5.74) is 11.0. The molecule has 5 rings (SSSR count). The number of nitrogens with zero attached hydrogens (tertiary/aromatic N) is 5. The number of alkyl halides is 1. The Morgan fingerprint density at radius 2 is 1.68 bits per heavy atom. The number of hydrogen-bond acceptors (Lipinski definition) is 5. The molecule has 5 aromatic rings. The molecule has 0 atom stereocenters. The van der Waals surface area contributed by atoms with Gasteiger partial charge in [0.25, 0.3) is 5.56 Å². The first-order valence-corrected chi connectivity index (χ1v) is 11.5. The van der Waals surface area contributed by atoms with Crippen LogP contribution in [0.2, 0.25) is 0 Å². The van der Waals surface area contributed by atoms with Crippen LogP contribution in [0.15, 0.2) is 77.9 Å². The lowest BCUT2D eigenvalue weighted by Crippen LogP contribution is -2.17. The van der Waals surface area contributed by atoms with E-state index < -0.39 is 0 Å². The average Bonchev–Trinajstić information content (AvgIpc) is 3.25. The molecule has 8 heteroatoms. The molecular formula is C26H25ClN6O. The number of pyridine rings is 3. The highest BCUT2D eigenvalue weighted by molar-refractivity contribution is 6.17. The molecule has 0 fully saturated rings. The largest absolute Gasteiger partial charge is 0.383 e. The van der Waals surface area contributed by atoms with Crippen molar-refractivity contribution in [1.29, 1.82) is 0 Å². The molecule has 34 heavy (non-hydrogen) atoms. The zero-order valence-electron chi connectivity index (χ0n) is 19.2. The summed E-state index contributed by atoms with van der Waals surface area (Å²) in [6, 6.07) is 18.8. The zero-order valence-corrected chi connectivity index (χ0v) is 20.0. The van der Waals surface area contributed by atoms with Crippen molar-refractivity contribution in [1.82, 2.24) is 24.1 Å². The van der Waals surface area contributed by atoms with Crippen LogP contribution in [0, 0.1) is 0 Å². The fraction of sp³-hybridized carbons (Fsp3) is 0.154. The van der Waals surface area contributed by atoms with Crippen molar-refractivity contribution in [2.75, 3.05) is 5.73 Å². The maximum Gasteiger partial charge on any atom is 0.259 e. The lowest BCUT2D eigenvalue weighted by molar-refractivity contribution is 0.862. The normalized spacial score (nSPS) is 10.7. The van der Waals surface area contributed by atoms with Crippen LogP contribution in [0.1, 0.15) is 19.4 Å². The number of aryl methyl sites for hydroxylation is 1. The molecule has 172 valence electrons. The lowest BCUT2D eigenvalue weighted by atomic mass is 10.2. The molecule has 0 bridgehead atoms. The molecule has 0 saturated carbocycles. The van der Waals surface area contributed by atoms with Crippen LogP contribution >= 0.6 is 11.6 Å². The summed E-state index contributed by atoms with van der Waals surface area (Å²) in [7, 11) is 1.72. The van der Waals surface area contributed by atoms with Gasteiger partial charge in [-0.2, -0.15) is 0 Å². The van der Waals surface area contributed by atoms with Gasteiger partial charge in [0.15, 0.2) is 11.5 Å². The van der Waals surface area contributed by atoms with Crippen molar-refractivity contribution in [2.45, 2.75) is 19.7 Å². The number of nitrogens with two attached hydrogens (primary N) is 1. The van der Waals surface area contributed by atoms with Gasteiger partial charge >= 0.3 is 0 Å². The molecule has 0 aliphatic carbocycles. The van der Waals surface area contributed by atoms with Gasteiger partial charge in [-0.15, -0.1) is 11.6 Å². The molecule has 2 N–H and O–H groups in total. The molecule has 0 saturated heterocycles. The number of nitrogen functional groups attached to an aromatic ring is 1. The van der Waals surface area contributed by atoms with Gasteiger partial charge in [-0.05, 0) is 54.1 Å². The zero-order chi connectivity index (χ0) is 24.2. The summed E-state index contributed by atoms with van der Waals surface area (Å²) < 4.78 is 3.46. The van der Waals surface area contributed by atoms with Crippen LogP contribution in [0.3, 0.4) is 0 Å². The second-order valence-electron chi connectivity index (χ2n) is 7.38. The molecule has 0 amide bonds. The number of hydrogen-bond donors (Lipinski definition) is 1. The third kappa shape index (κ3) is 4.18. The summed E-state index contributed by atoms with van der Waals surface area (Å²) in [6.45, 7) is 4.00. The van der Waals surface area contributed by atoms with E-state index in [-0.39, 0.29) is 5.56 Å². The van der Waals surface area contributed by atoms with Crippen molar-refractivity contribution in [2.24, 2.45) is 7.05 Å². The smallest absolute Gasteiger partial charge is 0.259 e. The highest BCUT2D eigenvalue weighted by Crippen LogP contribution is 2.31. The Morgan fingerprint density at radius 1 is 0.941 bits per heavy atom. The Bertz CT molecular complexity index is 1500. The Hall–Kier alpha value is -3.97. The lowest BCUT2D eigenvalue weighted by Gasteiger charge is -2.11. The van der Waals surface area contributed by atoms with Gasteiger partial charge in [0.2, 0.25) is 0 Å². The Balaban J connectivity index is 0.00000133. The summed E-state index contributed by atoms with van der Waals surface area (Å²) >= 11 is 5.98. The molecule has 0 aliphatic heterocycles. The summed E-state index contributed by atoms with van der Waals surface area (Å²) in [5, 5.41) is 0. The van der Waals surface area contributed by atoms with E-state index in [0.29, 0.717) is 45.5 Å². The minimum atomic E-state index is -0.117. The third-order valence-corrected chi connectivity index (χ3v) is 5.64. The first-order valence-electron chi connectivity index (χ1n) is 11.0. The van der Waals surface area contributed by atoms with E-state index in [1.165, 1.54) is 4.57 Å². The quantitative estimate of drug-likeness (QED) is 0.363. The molecule has 4 heterocycles. The second kappa shape index (κ2) is 9.89. The van der Waals surface area contributed by atoms with E-state index in [0.717, 1.165) is 11.3 Å². The van der Waals surface area contributed by atoms with Crippen LogP contribution in [-0.2, 0) is 12.9 Å². The van der Waals surface area contributed by atoms with E-state index in [1.54, 1.807) is 25.5 Å². The predicted octanol–water partition coefficient (Wildman–Crippen LogP) is 5.20. The van der Waals surface area contributed by atoms with Crippen LogP contribution in [0.5, 0.6) is 0 Å². The van der Waals surface area contributed by atoms with Crippen LogP contribution in [0.4, 0.5) is 5.82 Å². The van der Waals surface area contributed by atoms with Gasteiger partial charge in [-0.1, -0.05) is 26.0 Å². The first kappa shape index (κ1) is 23.2. The Labute approximate surface area is 202 Å². The molecule has 0 unspecified atom stereocenters. The molecule has 7 nitrogen and oxygen atoms in total. The van der Waals surface area contributed by atoms with Crippen molar-refractivity contribution in [3.05, 3.63) is 89.0 Å². The van der Waals surface area contributed by atoms with Crippen molar-refractivity contribution in [3.8, 4) is 28.3 Å². The minimum Gasteiger partial charge on any atom is -0.383 e. The van der Waals surface area contributed by atoms with Crippen molar-refractivity contribution >= 4 is 28.6 Å². The van der Waals surface area contributed by atoms with Gasteiger partial charge < -0.3 is 10.3 Å². The molecule has 0 aliphatic rings. The van der Waals surface area contributed by atoms with E-state index in [4.69, 9.17) is 27.3 Å². The molecule has 1 aromatic carbocycles. The topological polar surface area (TPSA) is 91.6 Å². The third-order valence-electron chi connectivity index (χ3n) is 5.33. The number of rotatable bonds is 4. The Kier molecular flexibility index (Phi) is 6.75. The van der Waals surface area contributed by atoms with Crippen LogP contribution in [-0.4, -0.2) is 24.1 Å². The number of halogens is 1. The van der Waals surface area contributed by atoms with Crippen molar-refractivity contribution in [3.63, 3.8) is 0 Å². The van der Waals surface area contributed by atoms with E-state index >= 15 is 0 Å². The van der Waals surface area contributed by atoms with Gasteiger partial charge in [0.05, 0.1) is 16.8 Å². The van der Waals surface area contributed by atoms with Gasteiger partial charge in [0.1, 0.15) is 11.3 Å². The SMILES string of the molecule is CC.Cn1cccc(-c2ccc3nc(-c4cccnc4N)n(-c4ccc(CCl)cc4)c3n2)c1=O. The van der Waals surface area contributed by atoms with E-state index in [2.05, 4.69) is 4.98 Å². The minimum absolute atomic E-state index is 0.117. The summed E-state index contributed by atoms with van der Waals surface area (Å²) in [5.74, 6) is 1.42. The van der Waals surface area contributed by atoms with Crippen LogP contribution < -0.4 is 11.3 Å². The Morgan fingerprint density at radius 3 is 2.38 bits per heavy atom. The van der Waals surface area contributed by atoms with Gasteiger partial charge in [0, 0.05) is 31.0 Å². The number of benzene rings is 1. The first-order chi connectivity index (χ1) is 16.6. The fourth-order valence-corrected chi connectivity index (χ4v) is 3.84. The molecular weight excluding hydrogens is 448 g/mol. The summed E-state index contributed by atoms with van der Waals surface area (Å²) in [4.78, 5) is 26.5.